The van der Waals surface area contributed by atoms with E-state index in [1.165, 1.54) is 6.07 Å². The van der Waals surface area contributed by atoms with Crippen molar-refractivity contribution in [1.29, 1.82) is 0 Å². The highest BCUT2D eigenvalue weighted by atomic mass is 19.4. The highest BCUT2D eigenvalue weighted by Crippen LogP contribution is 2.37. The average molecular weight is 291 g/mol. The normalized spacial score (nSPS) is 13.3. The third-order valence-corrected chi connectivity index (χ3v) is 2.91. The number of anilines is 1. The van der Waals surface area contributed by atoms with E-state index >= 15 is 0 Å². The van der Waals surface area contributed by atoms with Crippen LogP contribution < -0.4 is 11.1 Å². The van der Waals surface area contributed by atoms with Crippen molar-refractivity contribution >= 4 is 11.4 Å². The predicted octanol–water partition coefficient (Wildman–Crippen LogP) is 3.01. The Morgan fingerprint density at radius 3 is 2.40 bits per heavy atom. The summed E-state index contributed by atoms with van der Waals surface area (Å²) in [7, 11) is 0. The van der Waals surface area contributed by atoms with Gasteiger partial charge in [-0.15, -0.1) is 0 Å². The van der Waals surface area contributed by atoms with Gasteiger partial charge in [-0.1, -0.05) is 13.8 Å². The molecule has 8 heteroatoms. The molecule has 0 bridgehead atoms. The first-order valence-electron chi connectivity index (χ1n) is 5.99. The molecule has 0 aliphatic heterocycles. The van der Waals surface area contributed by atoms with E-state index in [0.29, 0.717) is 0 Å². The van der Waals surface area contributed by atoms with Gasteiger partial charge in [0, 0.05) is 24.3 Å². The monoisotopic (exact) mass is 291 g/mol. The number of hydrogen-bond acceptors (Lipinski definition) is 4. The number of alkyl halides is 3. The molecular weight excluding hydrogens is 275 g/mol. The quantitative estimate of drug-likeness (QED) is 0.645. The fourth-order valence-electron chi connectivity index (χ4n) is 1.72. The number of rotatable bonds is 5. The second-order valence-electron chi connectivity index (χ2n) is 4.72. The number of nitro benzene ring substituents is 1. The lowest BCUT2D eigenvalue weighted by atomic mass is 10.0. The third-order valence-electron chi connectivity index (χ3n) is 2.91. The summed E-state index contributed by atoms with van der Waals surface area (Å²) in [5.74, 6) is 0.115. The molecule has 0 heterocycles. The zero-order chi connectivity index (χ0) is 15.5. The smallest absolute Gasteiger partial charge is 0.381 e. The first kappa shape index (κ1) is 16.2. The van der Waals surface area contributed by atoms with Crippen LogP contribution in [0.15, 0.2) is 18.2 Å². The molecule has 1 unspecified atom stereocenters. The number of nitro groups is 1. The summed E-state index contributed by atoms with van der Waals surface area (Å²) in [5, 5.41) is 13.5. The molecule has 1 aromatic carbocycles. The van der Waals surface area contributed by atoms with Crippen molar-refractivity contribution in [2.45, 2.75) is 26.1 Å². The minimum absolute atomic E-state index is 0.115. The zero-order valence-corrected chi connectivity index (χ0v) is 11.1. The topological polar surface area (TPSA) is 81.2 Å². The summed E-state index contributed by atoms with van der Waals surface area (Å²) in [4.78, 5) is 9.59. The first-order chi connectivity index (χ1) is 9.16. The number of nitrogens with zero attached hydrogens (tertiary/aromatic N) is 1. The Kier molecular flexibility index (Phi) is 4.93. The Labute approximate surface area is 114 Å². The molecule has 0 aliphatic rings. The molecule has 0 aromatic heterocycles. The van der Waals surface area contributed by atoms with Gasteiger partial charge in [0.15, 0.2) is 0 Å². The number of nitrogens with two attached hydrogens (primary N) is 1. The van der Waals surface area contributed by atoms with Crippen LogP contribution in [0.4, 0.5) is 24.5 Å². The Bertz CT molecular complexity index is 489. The van der Waals surface area contributed by atoms with Crippen LogP contribution in [0.1, 0.15) is 19.4 Å². The molecule has 1 rings (SSSR count). The van der Waals surface area contributed by atoms with Crippen LogP contribution in [0.5, 0.6) is 0 Å². The Hall–Kier alpha value is -1.83. The van der Waals surface area contributed by atoms with Gasteiger partial charge in [0.25, 0.3) is 5.69 Å². The van der Waals surface area contributed by atoms with Crippen LogP contribution >= 0.6 is 0 Å². The van der Waals surface area contributed by atoms with E-state index in [9.17, 15) is 23.3 Å². The van der Waals surface area contributed by atoms with Crippen LogP contribution in [0.3, 0.4) is 0 Å². The molecule has 20 heavy (non-hydrogen) atoms. The summed E-state index contributed by atoms with van der Waals surface area (Å²) in [6.07, 6.45) is -4.78. The van der Waals surface area contributed by atoms with E-state index in [-0.39, 0.29) is 24.2 Å². The van der Waals surface area contributed by atoms with Gasteiger partial charge in [0.1, 0.15) is 5.56 Å². The minimum Gasteiger partial charge on any atom is -0.381 e. The molecule has 112 valence electrons. The SMILES string of the molecule is CC(C)C(CN)Nc1ccc([N+](=O)[O-])c(C(F)(F)F)c1. The molecule has 0 amide bonds. The van der Waals surface area contributed by atoms with Crippen molar-refractivity contribution in [3.8, 4) is 0 Å². The van der Waals surface area contributed by atoms with E-state index in [0.717, 1.165) is 12.1 Å². The van der Waals surface area contributed by atoms with Crippen LogP contribution in [-0.4, -0.2) is 17.5 Å². The van der Waals surface area contributed by atoms with Crippen molar-refractivity contribution in [3.63, 3.8) is 0 Å². The van der Waals surface area contributed by atoms with Crippen molar-refractivity contribution in [3.05, 3.63) is 33.9 Å². The van der Waals surface area contributed by atoms with E-state index in [1.54, 1.807) is 0 Å². The van der Waals surface area contributed by atoms with Gasteiger partial charge in [0.05, 0.1) is 4.92 Å². The van der Waals surface area contributed by atoms with Gasteiger partial charge in [0.2, 0.25) is 0 Å². The molecular formula is C12H16F3N3O2. The van der Waals surface area contributed by atoms with Gasteiger partial charge in [-0.25, -0.2) is 0 Å². The Balaban J connectivity index is 3.16. The molecule has 1 atom stereocenters. The summed E-state index contributed by atoms with van der Waals surface area (Å²) >= 11 is 0. The lowest BCUT2D eigenvalue weighted by Gasteiger charge is -2.22. The molecule has 5 nitrogen and oxygen atoms in total. The molecule has 3 N–H and O–H groups in total. The highest BCUT2D eigenvalue weighted by Gasteiger charge is 2.38. The molecule has 1 aromatic rings. The first-order valence-corrected chi connectivity index (χ1v) is 5.99. The van der Waals surface area contributed by atoms with E-state index in [4.69, 9.17) is 5.73 Å². The number of benzene rings is 1. The summed E-state index contributed by atoms with van der Waals surface area (Å²) < 4.78 is 38.4. The molecule has 0 saturated carbocycles. The number of halogens is 3. The number of hydrogen-bond donors (Lipinski definition) is 2. The Morgan fingerprint density at radius 1 is 1.40 bits per heavy atom. The third kappa shape index (κ3) is 3.83. The molecule has 0 radical (unpaired) electrons. The zero-order valence-electron chi connectivity index (χ0n) is 11.1. The predicted molar refractivity (Wildman–Crippen MR) is 69.4 cm³/mol. The van der Waals surface area contributed by atoms with Crippen molar-refractivity contribution in [2.24, 2.45) is 11.7 Å². The maximum absolute atomic E-state index is 12.8. The highest BCUT2D eigenvalue weighted by molar-refractivity contribution is 5.55. The van der Waals surface area contributed by atoms with Crippen molar-refractivity contribution in [2.75, 3.05) is 11.9 Å². The van der Waals surface area contributed by atoms with Crippen molar-refractivity contribution < 1.29 is 18.1 Å². The molecule has 0 spiro atoms. The van der Waals surface area contributed by atoms with Crippen LogP contribution in [-0.2, 0) is 6.18 Å². The number of nitrogens with one attached hydrogen (secondary N) is 1. The average Bonchev–Trinajstić information content (AvgIpc) is 2.34. The van der Waals surface area contributed by atoms with Crippen molar-refractivity contribution in [1.82, 2.24) is 0 Å². The van der Waals surface area contributed by atoms with Gasteiger partial charge < -0.3 is 11.1 Å². The van der Waals surface area contributed by atoms with E-state index in [1.807, 2.05) is 13.8 Å². The van der Waals surface area contributed by atoms with Crippen LogP contribution in [0.2, 0.25) is 0 Å². The van der Waals surface area contributed by atoms with E-state index in [2.05, 4.69) is 5.32 Å². The molecule has 0 saturated heterocycles. The largest absolute Gasteiger partial charge is 0.423 e. The minimum atomic E-state index is -4.78. The van der Waals surface area contributed by atoms with E-state index < -0.39 is 22.4 Å². The summed E-state index contributed by atoms with van der Waals surface area (Å²) in [6, 6.07) is 2.62. The molecule has 0 aliphatic carbocycles. The second-order valence-corrected chi connectivity index (χ2v) is 4.72. The van der Waals surface area contributed by atoms with Crippen LogP contribution in [0, 0.1) is 16.0 Å². The summed E-state index contributed by atoms with van der Waals surface area (Å²) in [5.41, 5.74) is 3.46. The second kappa shape index (κ2) is 6.08. The standard InChI is InChI=1S/C12H16F3N3O2/c1-7(2)10(6-16)17-8-3-4-11(18(19)20)9(5-8)12(13,14)15/h3-5,7,10,17H,6,16H2,1-2H3. The lowest BCUT2D eigenvalue weighted by molar-refractivity contribution is -0.388. The fourth-order valence-corrected chi connectivity index (χ4v) is 1.72. The maximum atomic E-state index is 12.8. The van der Waals surface area contributed by atoms with Gasteiger partial charge >= 0.3 is 6.18 Å². The van der Waals surface area contributed by atoms with Crippen LogP contribution in [0.25, 0.3) is 0 Å². The van der Waals surface area contributed by atoms with Gasteiger partial charge in [-0.2, -0.15) is 13.2 Å². The fraction of sp³-hybridized carbons (Fsp3) is 0.500. The Morgan fingerprint density at radius 2 is 2.00 bits per heavy atom. The maximum Gasteiger partial charge on any atom is 0.423 e. The molecule has 0 fully saturated rings. The van der Waals surface area contributed by atoms with Gasteiger partial charge in [-0.3, -0.25) is 10.1 Å². The van der Waals surface area contributed by atoms with Gasteiger partial charge in [-0.05, 0) is 18.1 Å². The lowest BCUT2D eigenvalue weighted by Crippen LogP contribution is -2.33. The summed E-state index contributed by atoms with van der Waals surface area (Å²) in [6.45, 7) is 4.00.